The fourth-order valence-electron chi connectivity index (χ4n) is 2.62. The molecule has 0 saturated heterocycles. The maximum Gasteiger partial charge on any atom is 0.240 e. The van der Waals surface area contributed by atoms with E-state index in [1.165, 1.54) is 6.92 Å². The summed E-state index contributed by atoms with van der Waals surface area (Å²) in [7, 11) is -3.56. The third-order valence-corrected chi connectivity index (χ3v) is 5.16. The Hall–Kier alpha value is -1.44. The molecule has 128 valence electrons. The summed E-state index contributed by atoms with van der Waals surface area (Å²) in [5.74, 6) is -0.0227. The van der Waals surface area contributed by atoms with Crippen molar-refractivity contribution in [2.24, 2.45) is 0 Å². The van der Waals surface area contributed by atoms with Gasteiger partial charge in [0.05, 0.1) is 17.6 Å². The van der Waals surface area contributed by atoms with Crippen molar-refractivity contribution < 1.29 is 17.9 Å². The van der Waals surface area contributed by atoms with Crippen LogP contribution in [0.1, 0.15) is 32.8 Å². The van der Waals surface area contributed by atoms with Gasteiger partial charge < -0.3 is 9.64 Å². The highest BCUT2D eigenvalue weighted by Gasteiger charge is 2.22. The van der Waals surface area contributed by atoms with E-state index < -0.39 is 10.0 Å². The Bertz CT molecular complexity index is 671. The van der Waals surface area contributed by atoms with Crippen LogP contribution < -0.4 is 9.62 Å². The molecule has 2 rings (SSSR count). The molecule has 1 aliphatic rings. The van der Waals surface area contributed by atoms with Crippen molar-refractivity contribution in [2.75, 3.05) is 24.6 Å². The number of nitrogens with zero attached hydrogens (tertiary/aromatic N) is 1. The maximum atomic E-state index is 12.3. The number of aryl methyl sites for hydroxylation is 1. The number of nitrogens with one attached hydrogen (secondary N) is 1. The number of benzene rings is 1. The molecule has 0 saturated carbocycles. The van der Waals surface area contributed by atoms with Gasteiger partial charge in [-0.05, 0) is 50.5 Å². The van der Waals surface area contributed by atoms with E-state index in [0.717, 1.165) is 24.1 Å². The van der Waals surface area contributed by atoms with Crippen molar-refractivity contribution in [1.29, 1.82) is 0 Å². The molecule has 6 nitrogen and oxygen atoms in total. The molecule has 0 unspecified atom stereocenters. The van der Waals surface area contributed by atoms with Gasteiger partial charge in [0.2, 0.25) is 15.9 Å². The van der Waals surface area contributed by atoms with E-state index in [4.69, 9.17) is 4.74 Å². The third-order valence-electron chi connectivity index (χ3n) is 3.71. The summed E-state index contributed by atoms with van der Waals surface area (Å²) in [6.45, 7) is 6.57. The Morgan fingerprint density at radius 3 is 2.78 bits per heavy atom. The molecule has 1 aromatic rings. The topological polar surface area (TPSA) is 75.7 Å². The van der Waals surface area contributed by atoms with Crippen LogP contribution in [0.5, 0.6) is 0 Å². The van der Waals surface area contributed by atoms with Crippen molar-refractivity contribution in [2.45, 2.75) is 44.6 Å². The van der Waals surface area contributed by atoms with E-state index in [-0.39, 0.29) is 23.5 Å². The monoisotopic (exact) mass is 340 g/mol. The zero-order valence-corrected chi connectivity index (χ0v) is 14.6. The van der Waals surface area contributed by atoms with Gasteiger partial charge in [-0.2, -0.15) is 0 Å². The van der Waals surface area contributed by atoms with Gasteiger partial charge in [-0.15, -0.1) is 0 Å². The molecule has 1 aliphatic heterocycles. The first-order valence-electron chi connectivity index (χ1n) is 7.83. The van der Waals surface area contributed by atoms with E-state index in [1.54, 1.807) is 23.1 Å². The highest BCUT2D eigenvalue weighted by atomic mass is 32.2. The second kappa shape index (κ2) is 7.42. The minimum absolute atomic E-state index is 0.0227. The number of rotatable bonds is 6. The molecule has 0 aromatic heterocycles. The van der Waals surface area contributed by atoms with Gasteiger partial charge in [-0.3, -0.25) is 4.79 Å². The lowest BCUT2D eigenvalue weighted by molar-refractivity contribution is -0.116. The number of amides is 1. The minimum Gasteiger partial charge on any atom is -0.377 e. The lowest BCUT2D eigenvalue weighted by atomic mass is 10.0. The average Bonchev–Trinajstić information content (AvgIpc) is 2.50. The molecule has 7 heteroatoms. The van der Waals surface area contributed by atoms with Gasteiger partial charge in [-0.1, -0.05) is 0 Å². The summed E-state index contributed by atoms with van der Waals surface area (Å²) in [4.78, 5) is 13.6. The lowest BCUT2D eigenvalue weighted by Gasteiger charge is -2.28. The maximum absolute atomic E-state index is 12.3. The second-order valence-electron chi connectivity index (χ2n) is 5.88. The number of ether oxygens (including phenoxy) is 1. The van der Waals surface area contributed by atoms with Crippen molar-refractivity contribution in [3.8, 4) is 0 Å². The van der Waals surface area contributed by atoms with Crippen LogP contribution in [0.4, 0.5) is 5.69 Å². The first-order valence-corrected chi connectivity index (χ1v) is 9.32. The van der Waals surface area contributed by atoms with Crippen molar-refractivity contribution in [1.82, 2.24) is 4.72 Å². The normalized spacial score (nSPS) is 14.9. The molecule has 1 N–H and O–H groups in total. The molecule has 1 amide bonds. The minimum atomic E-state index is -3.56. The zero-order valence-electron chi connectivity index (χ0n) is 13.8. The summed E-state index contributed by atoms with van der Waals surface area (Å²) in [5.41, 5.74) is 1.71. The highest BCUT2D eigenvalue weighted by Crippen LogP contribution is 2.29. The number of sulfonamides is 1. The van der Waals surface area contributed by atoms with Gasteiger partial charge in [-0.25, -0.2) is 13.1 Å². The first kappa shape index (κ1) is 17.9. The first-order chi connectivity index (χ1) is 10.8. The summed E-state index contributed by atoms with van der Waals surface area (Å²) in [6.07, 6.45) is 1.69. The Morgan fingerprint density at radius 1 is 1.39 bits per heavy atom. The molecule has 0 aliphatic carbocycles. The van der Waals surface area contributed by atoms with Crippen LogP contribution in [0.3, 0.4) is 0 Å². The Morgan fingerprint density at radius 2 is 2.13 bits per heavy atom. The third kappa shape index (κ3) is 4.53. The fourth-order valence-corrected chi connectivity index (χ4v) is 3.69. The molecule has 0 fully saturated rings. The Kier molecular flexibility index (Phi) is 5.78. The molecular formula is C16H24N2O4S. The van der Waals surface area contributed by atoms with Crippen LogP contribution >= 0.6 is 0 Å². The van der Waals surface area contributed by atoms with Crippen LogP contribution in [-0.2, 0) is 26.0 Å². The smallest absolute Gasteiger partial charge is 0.240 e. The molecule has 23 heavy (non-hydrogen) atoms. The van der Waals surface area contributed by atoms with E-state index in [1.807, 2.05) is 13.8 Å². The molecule has 1 heterocycles. The number of carbonyl (C=O) groups excluding carboxylic acids is 1. The van der Waals surface area contributed by atoms with Gasteiger partial charge >= 0.3 is 0 Å². The quantitative estimate of drug-likeness (QED) is 0.800. The van der Waals surface area contributed by atoms with Crippen LogP contribution in [0, 0.1) is 0 Å². The lowest BCUT2D eigenvalue weighted by Crippen LogP contribution is -2.34. The SMILES string of the molecule is CC(=O)N1CCCc2cc(S(=O)(=O)NCCOC(C)C)ccc21. The molecule has 1 aromatic carbocycles. The summed E-state index contributed by atoms with van der Waals surface area (Å²) in [6, 6.07) is 4.93. The molecular weight excluding hydrogens is 316 g/mol. The van der Waals surface area contributed by atoms with E-state index in [0.29, 0.717) is 13.2 Å². The van der Waals surface area contributed by atoms with Gasteiger partial charge in [0.15, 0.2) is 0 Å². The average molecular weight is 340 g/mol. The number of carbonyl (C=O) groups is 1. The second-order valence-corrected chi connectivity index (χ2v) is 7.65. The van der Waals surface area contributed by atoms with Crippen LogP contribution in [0.25, 0.3) is 0 Å². The molecule has 0 atom stereocenters. The number of hydrogen-bond acceptors (Lipinski definition) is 4. The van der Waals surface area contributed by atoms with Gasteiger partial charge in [0, 0.05) is 25.7 Å². The van der Waals surface area contributed by atoms with Gasteiger partial charge in [0.25, 0.3) is 0 Å². The predicted molar refractivity (Wildman–Crippen MR) is 89.1 cm³/mol. The summed E-state index contributed by atoms with van der Waals surface area (Å²) in [5, 5.41) is 0. The molecule has 0 radical (unpaired) electrons. The van der Waals surface area contributed by atoms with Crippen LogP contribution in [0.15, 0.2) is 23.1 Å². The van der Waals surface area contributed by atoms with E-state index >= 15 is 0 Å². The van der Waals surface area contributed by atoms with E-state index in [2.05, 4.69) is 4.72 Å². The fraction of sp³-hybridized carbons (Fsp3) is 0.562. The zero-order chi connectivity index (χ0) is 17.0. The molecule has 0 spiro atoms. The van der Waals surface area contributed by atoms with Crippen LogP contribution in [0.2, 0.25) is 0 Å². The van der Waals surface area contributed by atoms with Crippen molar-refractivity contribution >= 4 is 21.6 Å². The highest BCUT2D eigenvalue weighted by molar-refractivity contribution is 7.89. The number of fused-ring (bicyclic) bond motifs is 1. The van der Waals surface area contributed by atoms with Crippen molar-refractivity contribution in [3.05, 3.63) is 23.8 Å². The molecule has 0 bridgehead atoms. The standard InChI is InChI=1S/C16H24N2O4S/c1-12(2)22-10-8-17-23(20,21)15-6-7-16-14(11-15)5-4-9-18(16)13(3)19/h6-7,11-12,17H,4-5,8-10H2,1-3H3. The summed E-state index contributed by atoms with van der Waals surface area (Å²) < 4.78 is 32.5. The van der Waals surface area contributed by atoms with Crippen molar-refractivity contribution in [3.63, 3.8) is 0 Å². The Labute approximate surface area is 137 Å². The Balaban J connectivity index is 2.13. The van der Waals surface area contributed by atoms with Gasteiger partial charge in [0.1, 0.15) is 0 Å². The van der Waals surface area contributed by atoms with E-state index in [9.17, 15) is 13.2 Å². The van der Waals surface area contributed by atoms with Crippen LogP contribution in [-0.4, -0.2) is 40.1 Å². The number of anilines is 1. The predicted octanol–water partition coefficient (Wildman–Crippen LogP) is 1.69. The number of hydrogen-bond donors (Lipinski definition) is 1. The largest absolute Gasteiger partial charge is 0.377 e. The summed E-state index contributed by atoms with van der Waals surface area (Å²) >= 11 is 0.